The molecule has 1 fully saturated rings. The van der Waals surface area contributed by atoms with Gasteiger partial charge in [0.15, 0.2) is 0 Å². The molecule has 0 spiro atoms. The topological polar surface area (TPSA) is 71.3 Å². The fraction of sp³-hybridized carbons (Fsp3) is 0.235. The maximum Gasteiger partial charge on any atom is 0.257 e. The molecular weight excluding hydrogens is 561 g/mol. The molecule has 2 amide bonds. The first-order valence-corrected chi connectivity index (χ1v) is 15.3. The molecule has 3 heterocycles. The molecule has 43 heavy (non-hydrogen) atoms. The van der Waals surface area contributed by atoms with Gasteiger partial charge in [0.25, 0.3) is 5.91 Å². The Labute approximate surface area is 254 Å². The molecule has 5 aromatic rings. The van der Waals surface area contributed by atoms with Crippen molar-refractivity contribution in [2.75, 3.05) is 19.6 Å². The zero-order valence-electron chi connectivity index (χ0n) is 24.1. The fourth-order valence-electron chi connectivity index (χ4n) is 5.75. The molecule has 7 nitrogen and oxygen atoms in total. The van der Waals surface area contributed by atoms with Crippen LogP contribution in [0.25, 0.3) is 16.4 Å². The minimum absolute atomic E-state index is 0.0415. The standard InChI is InChI=1S/C34H32FN5O2S/c1-3-30-28(20-36-40(30)34-37-29(22-43-34)24-14-16-27(35)17-15-24)32(41)38-18-19-39(23(2)21-38)33(42)31(25-10-6-4-7-11-25)26-12-8-5-9-13-26/h4-17,20,22-23,31H,3,18-19,21H2,1-2H3. The number of thiazole rings is 1. The highest BCUT2D eigenvalue weighted by Crippen LogP contribution is 2.30. The van der Waals surface area contributed by atoms with Gasteiger partial charge in [0, 0.05) is 36.6 Å². The van der Waals surface area contributed by atoms with Gasteiger partial charge in [-0.25, -0.2) is 14.1 Å². The molecular formula is C34H32FN5O2S. The van der Waals surface area contributed by atoms with Crippen molar-refractivity contribution in [3.63, 3.8) is 0 Å². The highest BCUT2D eigenvalue weighted by molar-refractivity contribution is 7.12. The predicted octanol–water partition coefficient (Wildman–Crippen LogP) is 6.20. The molecule has 0 saturated carbocycles. The van der Waals surface area contributed by atoms with Crippen LogP contribution in [-0.4, -0.2) is 62.1 Å². The molecule has 1 saturated heterocycles. The molecule has 1 aliphatic rings. The first-order valence-electron chi connectivity index (χ1n) is 14.4. The quantitative estimate of drug-likeness (QED) is 0.225. The van der Waals surface area contributed by atoms with E-state index in [0.717, 1.165) is 28.1 Å². The Balaban J connectivity index is 1.19. The first-order chi connectivity index (χ1) is 20.9. The van der Waals surface area contributed by atoms with Crippen LogP contribution < -0.4 is 0 Å². The summed E-state index contributed by atoms with van der Waals surface area (Å²) in [6.45, 7) is 5.31. The van der Waals surface area contributed by atoms with E-state index < -0.39 is 5.92 Å². The first kappa shape index (κ1) is 28.5. The van der Waals surface area contributed by atoms with E-state index in [-0.39, 0.29) is 23.7 Å². The number of carbonyl (C=O) groups is 2. The number of aromatic nitrogens is 3. The summed E-state index contributed by atoms with van der Waals surface area (Å²) in [6.07, 6.45) is 2.21. The molecule has 0 radical (unpaired) electrons. The molecule has 0 aliphatic carbocycles. The van der Waals surface area contributed by atoms with E-state index in [9.17, 15) is 14.0 Å². The van der Waals surface area contributed by atoms with Crippen LogP contribution in [-0.2, 0) is 11.2 Å². The van der Waals surface area contributed by atoms with Crippen LogP contribution in [0.2, 0.25) is 0 Å². The van der Waals surface area contributed by atoms with Crippen LogP contribution in [0, 0.1) is 5.82 Å². The molecule has 9 heteroatoms. The van der Waals surface area contributed by atoms with Crippen molar-refractivity contribution < 1.29 is 14.0 Å². The summed E-state index contributed by atoms with van der Waals surface area (Å²) < 4.78 is 15.1. The molecule has 0 N–H and O–H groups in total. The van der Waals surface area contributed by atoms with Crippen molar-refractivity contribution in [1.82, 2.24) is 24.6 Å². The number of hydrogen-bond acceptors (Lipinski definition) is 5. The highest BCUT2D eigenvalue weighted by atomic mass is 32.1. The maximum atomic E-state index is 14.0. The predicted molar refractivity (Wildman–Crippen MR) is 166 cm³/mol. The third-order valence-electron chi connectivity index (χ3n) is 7.96. The second kappa shape index (κ2) is 12.3. The monoisotopic (exact) mass is 593 g/mol. The number of nitrogens with zero attached hydrogens (tertiary/aromatic N) is 5. The van der Waals surface area contributed by atoms with Gasteiger partial charge in [-0.3, -0.25) is 9.59 Å². The fourth-order valence-corrected chi connectivity index (χ4v) is 6.56. The zero-order valence-corrected chi connectivity index (χ0v) is 24.9. The van der Waals surface area contributed by atoms with E-state index in [1.807, 2.05) is 89.7 Å². The van der Waals surface area contributed by atoms with E-state index in [0.29, 0.717) is 36.8 Å². The number of halogens is 1. The van der Waals surface area contributed by atoms with E-state index >= 15 is 0 Å². The summed E-state index contributed by atoms with van der Waals surface area (Å²) >= 11 is 1.42. The lowest BCUT2D eigenvalue weighted by atomic mass is 9.89. The number of benzene rings is 3. The van der Waals surface area contributed by atoms with Gasteiger partial charge in [-0.15, -0.1) is 11.3 Å². The largest absolute Gasteiger partial charge is 0.336 e. The van der Waals surface area contributed by atoms with Gasteiger partial charge < -0.3 is 9.80 Å². The molecule has 1 unspecified atom stereocenters. The van der Waals surface area contributed by atoms with Crippen LogP contribution in [0.4, 0.5) is 4.39 Å². The van der Waals surface area contributed by atoms with Crippen LogP contribution >= 0.6 is 11.3 Å². The maximum absolute atomic E-state index is 14.0. The second-order valence-corrected chi connectivity index (χ2v) is 11.5. The van der Waals surface area contributed by atoms with Crippen LogP contribution in [0.15, 0.2) is 96.5 Å². The van der Waals surface area contributed by atoms with E-state index in [4.69, 9.17) is 4.98 Å². The molecule has 0 bridgehead atoms. The minimum atomic E-state index is -0.407. The summed E-state index contributed by atoms with van der Waals surface area (Å²) in [5.41, 5.74) is 4.77. The average Bonchev–Trinajstić information content (AvgIpc) is 3.70. The Morgan fingerprint density at radius 3 is 2.21 bits per heavy atom. The van der Waals surface area contributed by atoms with Gasteiger partial charge in [-0.1, -0.05) is 67.6 Å². The zero-order chi connectivity index (χ0) is 29.9. The van der Waals surface area contributed by atoms with Crippen molar-refractivity contribution in [2.45, 2.75) is 32.2 Å². The smallest absolute Gasteiger partial charge is 0.257 e. The number of carbonyl (C=O) groups excluding carboxylic acids is 2. The summed E-state index contributed by atoms with van der Waals surface area (Å²) in [7, 11) is 0. The Morgan fingerprint density at radius 2 is 1.60 bits per heavy atom. The van der Waals surface area contributed by atoms with Crippen molar-refractivity contribution in [3.05, 3.63) is 125 Å². The summed E-state index contributed by atoms with van der Waals surface area (Å²) in [5, 5.41) is 7.09. The summed E-state index contributed by atoms with van der Waals surface area (Å²) in [5.74, 6) is -0.760. The van der Waals surface area contributed by atoms with Gasteiger partial charge in [0.05, 0.1) is 29.1 Å². The second-order valence-electron chi connectivity index (χ2n) is 10.7. The Kier molecular flexibility index (Phi) is 8.16. The lowest BCUT2D eigenvalue weighted by Gasteiger charge is -2.41. The minimum Gasteiger partial charge on any atom is -0.336 e. The van der Waals surface area contributed by atoms with E-state index in [1.54, 1.807) is 23.0 Å². The molecule has 6 rings (SSSR count). The molecule has 1 aliphatic heterocycles. The average molecular weight is 594 g/mol. The van der Waals surface area contributed by atoms with E-state index in [2.05, 4.69) is 5.10 Å². The highest BCUT2D eigenvalue weighted by Gasteiger charge is 2.35. The summed E-state index contributed by atoms with van der Waals surface area (Å²) in [6, 6.07) is 25.8. The molecule has 1 atom stereocenters. The van der Waals surface area contributed by atoms with Gasteiger partial charge in [0.2, 0.25) is 11.0 Å². The van der Waals surface area contributed by atoms with Crippen molar-refractivity contribution in [2.24, 2.45) is 0 Å². The van der Waals surface area contributed by atoms with Crippen LogP contribution in [0.1, 0.15) is 46.9 Å². The van der Waals surface area contributed by atoms with Crippen LogP contribution in [0.3, 0.4) is 0 Å². The normalized spacial score (nSPS) is 15.2. The Morgan fingerprint density at radius 1 is 0.953 bits per heavy atom. The lowest BCUT2D eigenvalue weighted by Crippen LogP contribution is -2.56. The van der Waals surface area contributed by atoms with Gasteiger partial charge in [0.1, 0.15) is 5.82 Å². The molecule has 218 valence electrons. The van der Waals surface area contributed by atoms with Crippen molar-refractivity contribution in [3.8, 4) is 16.4 Å². The number of piperazine rings is 1. The lowest BCUT2D eigenvalue weighted by molar-refractivity contribution is -0.135. The Bertz CT molecular complexity index is 1680. The van der Waals surface area contributed by atoms with Crippen LogP contribution in [0.5, 0.6) is 0 Å². The van der Waals surface area contributed by atoms with E-state index in [1.165, 1.54) is 23.5 Å². The number of hydrogen-bond donors (Lipinski definition) is 0. The number of amides is 2. The number of rotatable bonds is 7. The van der Waals surface area contributed by atoms with Crippen molar-refractivity contribution in [1.29, 1.82) is 0 Å². The third kappa shape index (κ3) is 5.72. The molecule has 2 aromatic heterocycles. The van der Waals surface area contributed by atoms with Crippen molar-refractivity contribution >= 4 is 23.2 Å². The third-order valence-corrected chi connectivity index (χ3v) is 8.77. The van der Waals surface area contributed by atoms with Gasteiger partial charge in [-0.05, 0) is 48.7 Å². The SMILES string of the molecule is CCc1c(C(=O)N2CCN(C(=O)C(c3ccccc3)c3ccccc3)C(C)C2)cnn1-c1nc(-c2ccc(F)cc2)cs1. The molecule has 3 aromatic carbocycles. The summed E-state index contributed by atoms with van der Waals surface area (Å²) in [4.78, 5) is 36.3. The Hall–Kier alpha value is -4.63. The van der Waals surface area contributed by atoms with Gasteiger partial charge >= 0.3 is 0 Å². The van der Waals surface area contributed by atoms with Gasteiger partial charge in [-0.2, -0.15) is 5.10 Å².